The molecule has 1 aromatic rings. The van der Waals surface area contributed by atoms with E-state index in [1.54, 1.807) is 24.1 Å². The Hall–Kier alpha value is -2.45. The number of fused-ring (bicyclic) bond motifs is 5. The quantitative estimate of drug-likeness (QED) is 0.530. The van der Waals surface area contributed by atoms with Crippen LogP contribution in [0.25, 0.3) is 0 Å². The molecule has 2 unspecified atom stereocenters. The Balaban J connectivity index is 2.09. The number of hydrogen-bond acceptors (Lipinski definition) is 7. The number of likely N-dealkylation sites (N-methyl/N-ethyl adjacent to an activating group) is 1. The Morgan fingerprint density at radius 1 is 1.27 bits per heavy atom. The fourth-order valence-corrected chi connectivity index (χ4v) is 3.81. The Bertz CT molecular complexity index is 775. The summed E-state index contributed by atoms with van der Waals surface area (Å²) in [5.41, 5.74) is -5.07. The third kappa shape index (κ3) is 1.09. The van der Waals surface area contributed by atoms with Gasteiger partial charge in [-0.3, -0.25) is 14.9 Å². The van der Waals surface area contributed by atoms with Crippen LogP contribution in [0.3, 0.4) is 0 Å². The molecule has 114 valence electrons. The highest BCUT2D eigenvalue weighted by Crippen LogP contribution is 2.57. The van der Waals surface area contributed by atoms with E-state index < -0.39 is 27.7 Å². The molecule has 4 rings (SSSR count). The van der Waals surface area contributed by atoms with Crippen LogP contribution in [0.4, 0.5) is 0 Å². The molecule has 2 heterocycles. The molecule has 1 fully saturated rings. The normalized spacial score (nSPS) is 32.4. The molecule has 1 saturated heterocycles. The van der Waals surface area contributed by atoms with Gasteiger partial charge >= 0.3 is 5.70 Å². The lowest BCUT2D eigenvalue weighted by Gasteiger charge is -2.35. The monoisotopic (exact) mass is 303 g/mol. The minimum Gasteiger partial charge on any atom is -0.368 e. The Labute approximate surface area is 125 Å². The summed E-state index contributed by atoms with van der Waals surface area (Å²) in [5.74, 6) is -0.745. The molecule has 0 aromatic heterocycles. The van der Waals surface area contributed by atoms with Crippen molar-refractivity contribution in [2.24, 2.45) is 0 Å². The third-order valence-electron chi connectivity index (χ3n) is 4.78. The first kappa shape index (κ1) is 13.2. The van der Waals surface area contributed by atoms with E-state index in [1.807, 2.05) is 0 Å². The zero-order valence-electron chi connectivity index (χ0n) is 11.7. The zero-order chi connectivity index (χ0) is 15.9. The number of aliphatic hydroxyl groups is 2. The van der Waals surface area contributed by atoms with Gasteiger partial charge in [-0.2, -0.15) is 0 Å². The predicted octanol–water partition coefficient (Wildman–Crippen LogP) is -0.534. The molecular formula is C14H13N3O5. The molecule has 3 aliphatic rings. The van der Waals surface area contributed by atoms with Crippen LogP contribution >= 0.6 is 0 Å². The first-order chi connectivity index (χ1) is 10.3. The van der Waals surface area contributed by atoms with Crippen molar-refractivity contribution < 1.29 is 19.9 Å². The molecule has 1 aromatic carbocycles. The standard InChI is InChI=1S/C14H13N3O5/c1-15-6-7-16-12(15)10(17(21)22)13(19)11(18)8-4-2-3-5-9(8)14(13,16)20/h2-5,19-20H,6-7H2,1H3. The van der Waals surface area contributed by atoms with E-state index in [1.165, 1.54) is 17.0 Å². The number of hydrogen-bond donors (Lipinski definition) is 2. The van der Waals surface area contributed by atoms with Crippen LogP contribution in [0.15, 0.2) is 35.8 Å². The van der Waals surface area contributed by atoms with Gasteiger partial charge in [0.25, 0.3) is 5.60 Å². The summed E-state index contributed by atoms with van der Waals surface area (Å²) in [6, 6.07) is 6.20. The van der Waals surface area contributed by atoms with E-state index in [0.29, 0.717) is 6.54 Å². The number of nitrogens with zero attached hydrogens (tertiary/aromatic N) is 3. The lowest BCUT2D eigenvalue weighted by Crippen LogP contribution is -2.57. The van der Waals surface area contributed by atoms with Gasteiger partial charge in [0.1, 0.15) is 0 Å². The van der Waals surface area contributed by atoms with Crippen molar-refractivity contribution in [1.82, 2.24) is 9.80 Å². The van der Waals surface area contributed by atoms with Crippen LogP contribution in [0.5, 0.6) is 0 Å². The van der Waals surface area contributed by atoms with E-state index in [9.17, 15) is 25.1 Å². The molecule has 2 aliphatic heterocycles. The summed E-state index contributed by atoms with van der Waals surface area (Å²) in [4.78, 5) is 26.4. The molecule has 2 atom stereocenters. The smallest absolute Gasteiger partial charge is 0.331 e. The SMILES string of the molecule is CN1CCN2C1=C([N+](=O)[O-])C1(O)C(=O)c3ccccc3C21O. The van der Waals surface area contributed by atoms with Gasteiger partial charge in [-0.25, -0.2) is 0 Å². The molecule has 0 amide bonds. The van der Waals surface area contributed by atoms with Crippen molar-refractivity contribution in [2.45, 2.75) is 11.3 Å². The van der Waals surface area contributed by atoms with Gasteiger partial charge in [0.05, 0.1) is 4.92 Å². The lowest BCUT2D eigenvalue weighted by molar-refractivity contribution is -0.445. The first-order valence-electron chi connectivity index (χ1n) is 6.82. The molecular weight excluding hydrogens is 290 g/mol. The summed E-state index contributed by atoms with van der Waals surface area (Å²) in [7, 11) is 1.63. The molecule has 22 heavy (non-hydrogen) atoms. The highest BCUT2D eigenvalue weighted by atomic mass is 16.6. The maximum absolute atomic E-state index is 12.7. The molecule has 8 nitrogen and oxygen atoms in total. The van der Waals surface area contributed by atoms with Gasteiger partial charge in [0, 0.05) is 31.3 Å². The van der Waals surface area contributed by atoms with Gasteiger partial charge in [0.2, 0.25) is 11.5 Å². The number of carbonyl (C=O) groups is 1. The summed E-state index contributed by atoms with van der Waals surface area (Å²) in [6.45, 7) is 0.741. The second-order valence-electron chi connectivity index (χ2n) is 5.76. The number of carbonyl (C=O) groups excluding carboxylic acids is 1. The molecule has 0 saturated carbocycles. The molecule has 2 N–H and O–H groups in total. The second-order valence-corrected chi connectivity index (χ2v) is 5.76. The fourth-order valence-electron chi connectivity index (χ4n) is 3.81. The maximum Gasteiger partial charge on any atom is 0.331 e. The van der Waals surface area contributed by atoms with Gasteiger partial charge in [-0.1, -0.05) is 24.3 Å². The van der Waals surface area contributed by atoms with Gasteiger partial charge < -0.3 is 20.0 Å². The zero-order valence-corrected chi connectivity index (χ0v) is 11.7. The topological polar surface area (TPSA) is 107 Å². The van der Waals surface area contributed by atoms with Crippen LogP contribution in [0, 0.1) is 10.1 Å². The summed E-state index contributed by atoms with van der Waals surface area (Å²) in [6.07, 6.45) is 0. The summed E-state index contributed by atoms with van der Waals surface area (Å²) < 4.78 is 0. The highest BCUT2D eigenvalue weighted by Gasteiger charge is 2.78. The lowest BCUT2D eigenvalue weighted by atomic mass is 9.89. The maximum atomic E-state index is 12.7. The average Bonchev–Trinajstić information content (AvgIpc) is 3.00. The average molecular weight is 303 g/mol. The van der Waals surface area contributed by atoms with Crippen molar-refractivity contribution in [3.63, 3.8) is 0 Å². The van der Waals surface area contributed by atoms with E-state index in [0.717, 1.165) is 0 Å². The molecule has 8 heteroatoms. The predicted molar refractivity (Wildman–Crippen MR) is 73.0 cm³/mol. The van der Waals surface area contributed by atoms with Crippen LogP contribution in [0.2, 0.25) is 0 Å². The van der Waals surface area contributed by atoms with Gasteiger partial charge in [0.15, 0.2) is 5.82 Å². The number of ketones is 1. The molecule has 0 spiro atoms. The van der Waals surface area contributed by atoms with Crippen molar-refractivity contribution in [2.75, 3.05) is 20.1 Å². The summed E-state index contributed by atoms with van der Waals surface area (Å²) in [5, 5.41) is 33.7. The van der Waals surface area contributed by atoms with Crippen molar-refractivity contribution in [3.8, 4) is 0 Å². The minimum absolute atomic E-state index is 0.0952. The van der Waals surface area contributed by atoms with Crippen LogP contribution in [-0.4, -0.2) is 56.5 Å². The van der Waals surface area contributed by atoms with E-state index >= 15 is 0 Å². The second kappa shape index (κ2) is 3.65. The summed E-state index contributed by atoms with van der Waals surface area (Å²) >= 11 is 0. The van der Waals surface area contributed by atoms with Gasteiger partial charge in [-0.05, 0) is 0 Å². The number of benzene rings is 1. The minimum atomic E-state index is -2.59. The van der Waals surface area contributed by atoms with Crippen LogP contribution in [0.1, 0.15) is 15.9 Å². The third-order valence-corrected chi connectivity index (χ3v) is 4.78. The fraction of sp³-hybridized carbons (Fsp3) is 0.357. The molecule has 1 aliphatic carbocycles. The largest absolute Gasteiger partial charge is 0.368 e. The number of Topliss-reactive ketones (excluding diaryl/α,β-unsaturated/α-hetero) is 1. The first-order valence-corrected chi connectivity index (χ1v) is 6.82. The molecule has 0 radical (unpaired) electrons. The van der Waals surface area contributed by atoms with Crippen LogP contribution < -0.4 is 0 Å². The van der Waals surface area contributed by atoms with E-state index in [-0.39, 0.29) is 23.5 Å². The number of nitro groups is 1. The van der Waals surface area contributed by atoms with Crippen LogP contribution in [-0.2, 0) is 5.72 Å². The molecule has 0 bridgehead atoms. The number of rotatable bonds is 1. The Morgan fingerprint density at radius 2 is 1.95 bits per heavy atom. The van der Waals surface area contributed by atoms with Crippen molar-refractivity contribution in [3.05, 3.63) is 57.0 Å². The van der Waals surface area contributed by atoms with Crippen molar-refractivity contribution in [1.29, 1.82) is 0 Å². The van der Waals surface area contributed by atoms with E-state index in [4.69, 9.17) is 0 Å². The van der Waals surface area contributed by atoms with E-state index in [2.05, 4.69) is 0 Å². The van der Waals surface area contributed by atoms with Gasteiger partial charge in [-0.15, -0.1) is 0 Å². The van der Waals surface area contributed by atoms with Crippen molar-refractivity contribution >= 4 is 5.78 Å². The highest BCUT2D eigenvalue weighted by molar-refractivity contribution is 6.10. The Kier molecular flexibility index (Phi) is 2.20. The Morgan fingerprint density at radius 3 is 2.64 bits per heavy atom.